The second-order valence-electron chi connectivity index (χ2n) is 7.28. The minimum atomic E-state index is -4.61. The quantitative estimate of drug-likeness (QED) is 0.582. The van der Waals surface area contributed by atoms with Gasteiger partial charge in [0, 0.05) is 41.6 Å². The van der Waals surface area contributed by atoms with Crippen molar-refractivity contribution in [2.75, 3.05) is 29.2 Å². The maximum Gasteiger partial charge on any atom is 0.420 e. The number of carbonyl (C=O) groups excluding carboxylic acids is 2. The molecule has 33 heavy (non-hydrogen) atoms. The van der Waals surface area contributed by atoms with E-state index in [1.807, 2.05) is 0 Å². The summed E-state index contributed by atoms with van der Waals surface area (Å²) in [5.74, 6) is -0.606. The largest absolute Gasteiger partial charge is 0.496 e. The van der Waals surface area contributed by atoms with Crippen molar-refractivity contribution >= 4 is 29.0 Å². The number of anilines is 3. The summed E-state index contributed by atoms with van der Waals surface area (Å²) in [5.41, 5.74) is 1.21. The summed E-state index contributed by atoms with van der Waals surface area (Å²) in [6, 6.07) is 11.2. The third kappa shape index (κ3) is 4.74. The maximum absolute atomic E-state index is 13.4. The fourth-order valence-corrected chi connectivity index (χ4v) is 3.55. The Labute approximate surface area is 187 Å². The second kappa shape index (κ2) is 8.81. The molecule has 170 valence electrons. The Balaban J connectivity index is 1.47. The van der Waals surface area contributed by atoms with E-state index in [9.17, 15) is 22.8 Å². The van der Waals surface area contributed by atoms with Gasteiger partial charge in [-0.25, -0.2) is 4.79 Å². The van der Waals surface area contributed by atoms with Crippen LogP contribution in [0.3, 0.4) is 0 Å². The Morgan fingerprint density at radius 2 is 1.67 bits per heavy atom. The highest BCUT2D eigenvalue weighted by Gasteiger charge is 2.37. The Morgan fingerprint density at radius 1 is 1.00 bits per heavy atom. The molecule has 0 spiro atoms. The van der Waals surface area contributed by atoms with Crippen molar-refractivity contribution < 1.29 is 27.5 Å². The lowest BCUT2D eigenvalue weighted by molar-refractivity contribution is -0.138. The SMILES string of the molecule is COc1cc2c(cc1C(F)(F)F)N(C(=O)Nc1ccc(C(=O)Nc3ccncc3)cc1)CC2. The number of hydrogen-bond donors (Lipinski definition) is 2. The van der Waals surface area contributed by atoms with Crippen molar-refractivity contribution in [1.82, 2.24) is 4.98 Å². The van der Waals surface area contributed by atoms with Crippen molar-refractivity contribution in [1.29, 1.82) is 0 Å². The van der Waals surface area contributed by atoms with Crippen molar-refractivity contribution in [3.63, 3.8) is 0 Å². The fourth-order valence-electron chi connectivity index (χ4n) is 3.55. The zero-order chi connectivity index (χ0) is 23.6. The van der Waals surface area contributed by atoms with E-state index >= 15 is 0 Å². The molecule has 0 saturated carbocycles. The lowest BCUT2D eigenvalue weighted by atomic mass is 10.1. The van der Waals surface area contributed by atoms with E-state index in [-0.39, 0.29) is 23.9 Å². The van der Waals surface area contributed by atoms with Crippen LogP contribution in [0.5, 0.6) is 5.75 Å². The van der Waals surface area contributed by atoms with Gasteiger partial charge < -0.3 is 15.4 Å². The van der Waals surface area contributed by atoms with Crippen LogP contribution in [0.1, 0.15) is 21.5 Å². The van der Waals surface area contributed by atoms with Gasteiger partial charge >= 0.3 is 12.2 Å². The van der Waals surface area contributed by atoms with Gasteiger partial charge in [0.05, 0.1) is 12.7 Å². The Bertz CT molecular complexity index is 1180. The molecule has 2 aromatic carbocycles. The number of nitrogens with zero attached hydrogens (tertiary/aromatic N) is 2. The average molecular weight is 456 g/mol. The number of amides is 3. The van der Waals surface area contributed by atoms with Crippen molar-refractivity contribution in [2.45, 2.75) is 12.6 Å². The number of nitrogens with one attached hydrogen (secondary N) is 2. The highest BCUT2D eigenvalue weighted by molar-refractivity contribution is 6.06. The summed E-state index contributed by atoms with van der Waals surface area (Å²) in [5, 5.41) is 5.39. The van der Waals surface area contributed by atoms with E-state index in [2.05, 4.69) is 15.6 Å². The van der Waals surface area contributed by atoms with Gasteiger partial charge in [0.2, 0.25) is 0 Å². The summed E-state index contributed by atoms with van der Waals surface area (Å²) in [6.45, 7) is 0.234. The molecule has 3 amide bonds. The summed E-state index contributed by atoms with van der Waals surface area (Å²) in [4.78, 5) is 30.2. The van der Waals surface area contributed by atoms with Crippen LogP contribution in [-0.4, -0.2) is 30.6 Å². The van der Waals surface area contributed by atoms with E-state index in [4.69, 9.17) is 4.74 Å². The third-order valence-corrected chi connectivity index (χ3v) is 5.18. The monoisotopic (exact) mass is 456 g/mol. The zero-order valence-electron chi connectivity index (χ0n) is 17.4. The molecule has 1 aliphatic heterocycles. The predicted octanol–water partition coefficient (Wildman–Crippen LogP) is 4.96. The van der Waals surface area contributed by atoms with Crippen LogP contribution in [0.4, 0.5) is 35.0 Å². The smallest absolute Gasteiger partial charge is 0.420 e. The number of halogens is 3. The molecular formula is C23H19F3N4O3. The molecule has 0 aliphatic carbocycles. The van der Waals surface area contributed by atoms with Gasteiger partial charge in [-0.3, -0.25) is 14.7 Å². The van der Waals surface area contributed by atoms with Crippen LogP contribution >= 0.6 is 0 Å². The van der Waals surface area contributed by atoms with Crippen LogP contribution < -0.4 is 20.3 Å². The normalized spacial score (nSPS) is 12.8. The van der Waals surface area contributed by atoms with Gasteiger partial charge in [0.25, 0.3) is 5.91 Å². The molecular weight excluding hydrogens is 437 g/mol. The van der Waals surface area contributed by atoms with E-state index in [0.29, 0.717) is 28.9 Å². The Hall–Kier alpha value is -4.08. The van der Waals surface area contributed by atoms with Crippen LogP contribution in [0.25, 0.3) is 0 Å². The number of benzene rings is 2. The first-order valence-corrected chi connectivity index (χ1v) is 9.94. The first kappa shape index (κ1) is 22.1. The number of aromatic nitrogens is 1. The molecule has 3 aromatic rings. The number of rotatable bonds is 4. The topological polar surface area (TPSA) is 83.6 Å². The van der Waals surface area contributed by atoms with Crippen molar-refractivity contribution in [3.8, 4) is 5.75 Å². The first-order chi connectivity index (χ1) is 15.8. The van der Waals surface area contributed by atoms with Crippen LogP contribution in [0.2, 0.25) is 0 Å². The number of hydrogen-bond acceptors (Lipinski definition) is 4. The fraction of sp³-hybridized carbons (Fsp3) is 0.174. The molecule has 2 heterocycles. The average Bonchev–Trinajstić information content (AvgIpc) is 3.22. The van der Waals surface area contributed by atoms with Crippen LogP contribution in [0.15, 0.2) is 60.9 Å². The highest BCUT2D eigenvalue weighted by Crippen LogP contribution is 2.42. The highest BCUT2D eigenvalue weighted by atomic mass is 19.4. The van der Waals surface area contributed by atoms with Crippen molar-refractivity contribution in [2.24, 2.45) is 0 Å². The van der Waals surface area contributed by atoms with Gasteiger partial charge in [-0.05, 0) is 60.5 Å². The number of fused-ring (bicyclic) bond motifs is 1. The lowest BCUT2D eigenvalue weighted by Crippen LogP contribution is -2.33. The molecule has 1 aromatic heterocycles. The molecule has 0 bridgehead atoms. The summed E-state index contributed by atoms with van der Waals surface area (Å²) < 4.78 is 45.0. The van der Waals surface area contributed by atoms with Gasteiger partial charge in [-0.2, -0.15) is 13.2 Å². The second-order valence-corrected chi connectivity index (χ2v) is 7.28. The Kier molecular flexibility index (Phi) is 5.91. The number of urea groups is 1. The molecule has 0 saturated heterocycles. The van der Waals surface area contributed by atoms with Gasteiger partial charge in [-0.1, -0.05) is 0 Å². The molecule has 2 N–H and O–H groups in total. The zero-order valence-corrected chi connectivity index (χ0v) is 17.4. The Morgan fingerprint density at radius 3 is 2.30 bits per heavy atom. The molecule has 0 fully saturated rings. The van der Waals surface area contributed by atoms with Crippen molar-refractivity contribution in [3.05, 3.63) is 77.6 Å². The number of methoxy groups -OCH3 is 1. The molecule has 0 radical (unpaired) electrons. The molecule has 10 heteroatoms. The number of carbonyl (C=O) groups is 2. The molecule has 0 atom stereocenters. The number of ether oxygens (including phenoxy) is 1. The van der Waals surface area contributed by atoms with E-state index in [0.717, 1.165) is 6.07 Å². The minimum Gasteiger partial charge on any atom is -0.496 e. The molecule has 4 rings (SSSR count). The van der Waals surface area contributed by atoms with E-state index < -0.39 is 17.8 Å². The van der Waals surface area contributed by atoms with E-state index in [1.165, 1.54) is 30.2 Å². The standard InChI is InChI=1S/C23H19F3N4O3/c1-33-20-12-15-8-11-30(19(15)13-18(20)23(24,25)26)22(32)29-16-4-2-14(3-5-16)21(31)28-17-6-9-27-10-7-17/h2-7,9-10,12-13H,8,11H2,1H3,(H,29,32)(H,27,28,31). The third-order valence-electron chi connectivity index (χ3n) is 5.18. The number of pyridine rings is 1. The molecule has 7 nitrogen and oxygen atoms in total. The number of alkyl halides is 3. The summed E-state index contributed by atoms with van der Waals surface area (Å²) >= 11 is 0. The van der Waals surface area contributed by atoms with Gasteiger partial charge in [-0.15, -0.1) is 0 Å². The molecule has 0 unspecified atom stereocenters. The van der Waals surface area contributed by atoms with Crippen LogP contribution in [-0.2, 0) is 12.6 Å². The van der Waals surface area contributed by atoms with Crippen LogP contribution in [0, 0.1) is 0 Å². The molecule has 1 aliphatic rings. The minimum absolute atomic E-state index is 0.189. The van der Waals surface area contributed by atoms with Gasteiger partial charge in [0.1, 0.15) is 5.75 Å². The van der Waals surface area contributed by atoms with E-state index in [1.54, 1.807) is 36.7 Å². The maximum atomic E-state index is 13.4. The lowest BCUT2D eigenvalue weighted by Gasteiger charge is -2.20. The summed E-state index contributed by atoms with van der Waals surface area (Å²) in [6.07, 6.45) is -1.10. The van der Waals surface area contributed by atoms with Gasteiger partial charge in [0.15, 0.2) is 0 Å². The predicted molar refractivity (Wildman–Crippen MR) is 117 cm³/mol. The summed E-state index contributed by atoms with van der Waals surface area (Å²) in [7, 11) is 1.18. The first-order valence-electron chi connectivity index (χ1n) is 9.94.